The maximum Gasteiger partial charge on any atom is 0.431 e. The van der Waals surface area contributed by atoms with Crippen LogP contribution in [0.2, 0.25) is 0 Å². The average molecular weight is 997 g/mol. The molecule has 6 amide bonds. The number of nitrogens with one attached hydrogen (secondary N) is 8. The Hall–Kier alpha value is -5.19. The van der Waals surface area contributed by atoms with E-state index < -0.39 is 126 Å². The number of rotatable bonds is 10. The molecule has 5 aliphatic heterocycles. The van der Waals surface area contributed by atoms with Gasteiger partial charge in [-0.05, 0) is 104 Å². The molecule has 12 atom stereocenters. The van der Waals surface area contributed by atoms with Gasteiger partial charge in [0.15, 0.2) is 0 Å². The van der Waals surface area contributed by atoms with Crippen molar-refractivity contribution < 1.29 is 51.4 Å². The van der Waals surface area contributed by atoms with Crippen LogP contribution in [0.4, 0.5) is 13.2 Å². The van der Waals surface area contributed by atoms with Crippen molar-refractivity contribution in [3.63, 3.8) is 0 Å². The molecule has 71 heavy (non-hydrogen) atoms. The van der Waals surface area contributed by atoms with Crippen LogP contribution in [0.1, 0.15) is 83.3 Å². The molecule has 0 spiro atoms. The lowest BCUT2D eigenvalue weighted by Gasteiger charge is -2.36. The molecule has 8 N–H and O–H groups in total. The number of benzene rings is 2. The second-order valence-electron chi connectivity index (χ2n) is 19.8. The number of carbonyl (C=O) groups is 6. The van der Waals surface area contributed by atoms with E-state index in [2.05, 4.69) is 42.5 Å². The summed E-state index contributed by atoms with van der Waals surface area (Å²) in [4.78, 5) is 88.2. The first-order valence-electron chi connectivity index (χ1n) is 25.0. The Kier molecular flexibility index (Phi) is 17.5. The predicted octanol–water partition coefficient (Wildman–Crippen LogP) is 1.13. The fourth-order valence-corrected chi connectivity index (χ4v) is 10.4. The molecule has 5 aliphatic rings. The zero-order valence-electron chi connectivity index (χ0n) is 41.2. The second kappa shape index (κ2) is 23.1. The van der Waals surface area contributed by atoms with E-state index >= 15 is 13.2 Å². The van der Waals surface area contributed by atoms with Crippen LogP contribution < -0.4 is 42.5 Å². The minimum Gasteiger partial charge on any atom is -0.354 e. The summed E-state index contributed by atoms with van der Waals surface area (Å²) in [5.41, 5.74) is -2.44. The van der Waals surface area contributed by atoms with Gasteiger partial charge in [-0.1, -0.05) is 60.7 Å². The number of likely N-dealkylation sites (N-methyl/N-ethyl adjacent to an activating group) is 2. The summed E-state index contributed by atoms with van der Waals surface area (Å²) >= 11 is 0. The van der Waals surface area contributed by atoms with Gasteiger partial charge in [0, 0.05) is 32.6 Å². The van der Waals surface area contributed by atoms with E-state index in [1.165, 1.54) is 16.8 Å². The number of hydrogen-bond donors (Lipinski definition) is 8. The number of amides is 6. The Morgan fingerprint density at radius 3 is 1.56 bits per heavy atom. The highest BCUT2D eigenvalue weighted by molar-refractivity contribution is 5.94. The average Bonchev–Trinajstić information content (AvgIpc) is 4.20. The summed E-state index contributed by atoms with van der Waals surface area (Å²) in [7, 11) is 3.16. The first kappa shape index (κ1) is 53.6. The summed E-state index contributed by atoms with van der Waals surface area (Å²) in [5.74, 6) is -3.31. The van der Waals surface area contributed by atoms with Gasteiger partial charge in [0.2, 0.25) is 41.2 Å². The van der Waals surface area contributed by atoms with Crippen LogP contribution in [-0.2, 0) is 51.1 Å². The molecule has 2 aromatic rings. The van der Waals surface area contributed by atoms with Crippen LogP contribution in [0.5, 0.6) is 0 Å². The van der Waals surface area contributed by atoms with Crippen LogP contribution in [0.15, 0.2) is 60.7 Å². The SMILES string of the molecule is CNC(C)C(=O)NC1CCC2(C(F)(F)F)NCC(O2)C(Cc2ccccc2)NC(=O)C2CCCN2C(=O)C(NC(=O)C(C)NC)CCC2(C)NCC(O2)C(Cc2ccccc2)NC(=O)C2CCCN2C1=O. The molecular formula is C50H71F3N10O8. The predicted molar refractivity (Wildman–Crippen MR) is 256 cm³/mol. The highest BCUT2D eigenvalue weighted by Crippen LogP contribution is 2.41. The van der Waals surface area contributed by atoms with E-state index in [9.17, 15) is 28.8 Å². The van der Waals surface area contributed by atoms with Gasteiger partial charge >= 0.3 is 6.18 Å². The van der Waals surface area contributed by atoms with E-state index in [1.807, 2.05) is 37.3 Å². The molecule has 0 radical (unpaired) electrons. The quantitative estimate of drug-likeness (QED) is 0.168. The van der Waals surface area contributed by atoms with Crippen molar-refractivity contribution in [3.05, 3.63) is 71.8 Å². The van der Waals surface area contributed by atoms with Crippen LogP contribution in [0, 0.1) is 0 Å². The normalized spacial score (nSPS) is 32.2. The third kappa shape index (κ3) is 12.7. The van der Waals surface area contributed by atoms with Gasteiger partial charge in [-0.2, -0.15) is 13.2 Å². The van der Waals surface area contributed by atoms with Crippen molar-refractivity contribution in [2.75, 3.05) is 40.3 Å². The fraction of sp³-hybridized carbons (Fsp3) is 0.640. The molecule has 12 unspecified atom stereocenters. The lowest BCUT2D eigenvalue weighted by Crippen LogP contribution is -2.59. The molecule has 21 heteroatoms. The maximum atomic E-state index is 15.6. The Labute approximate surface area is 413 Å². The van der Waals surface area contributed by atoms with Gasteiger partial charge in [0.25, 0.3) is 0 Å². The van der Waals surface area contributed by atoms with Crippen molar-refractivity contribution in [1.82, 2.24) is 52.3 Å². The molecule has 5 heterocycles. The summed E-state index contributed by atoms with van der Waals surface area (Å²) in [6.07, 6.45) is -6.09. The van der Waals surface area contributed by atoms with Crippen LogP contribution >= 0.6 is 0 Å². The molecule has 390 valence electrons. The van der Waals surface area contributed by atoms with E-state index in [0.717, 1.165) is 5.56 Å². The molecule has 4 bridgehead atoms. The van der Waals surface area contributed by atoms with Gasteiger partial charge in [-0.25, -0.2) is 0 Å². The van der Waals surface area contributed by atoms with E-state index in [-0.39, 0.29) is 58.3 Å². The number of nitrogens with zero attached hydrogens (tertiary/aromatic N) is 2. The third-order valence-corrected chi connectivity index (χ3v) is 14.9. The molecule has 0 saturated carbocycles. The fourth-order valence-electron chi connectivity index (χ4n) is 10.4. The van der Waals surface area contributed by atoms with Gasteiger partial charge < -0.3 is 51.2 Å². The Morgan fingerprint density at radius 2 is 1.11 bits per heavy atom. The zero-order valence-corrected chi connectivity index (χ0v) is 41.2. The Morgan fingerprint density at radius 1 is 0.676 bits per heavy atom. The monoisotopic (exact) mass is 997 g/mol. The topological polar surface area (TPSA) is 224 Å². The van der Waals surface area contributed by atoms with Crippen LogP contribution in [0.3, 0.4) is 0 Å². The van der Waals surface area contributed by atoms with Crippen molar-refractivity contribution in [2.24, 2.45) is 0 Å². The third-order valence-electron chi connectivity index (χ3n) is 14.9. The summed E-state index contributed by atoms with van der Waals surface area (Å²) in [5, 5.41) is 23.4. The highest BCUT2D eigenvalue weighted by atomic mass is 19.4. The van der Waals surface area contributed by atoms with Crippen molar-refractivity contribution in [1.29, 1.82) is 0 Å². The Balaban J connectivity index is 1.26. The van der Waals surface area contributed by atoms with E-state index in [1.54, 1.807) is 51.2 Å². The van der Waals surface area contributed by atoms with Crippen molar-refractivity contribution in [3.8, 4) is 0 Å². The molecule has 0 aromatic heterocycles. The number of fused-ring (bicyclic) bond motifs is 6. The lowest BCUT2D eigenvalue weighted by molar-refractivity contribution is -0.283. The number of carbonyl (C=O) groups excluding carboxylic acids is 6. The smallest absolute Gasteiger partial charge is 0.354 e. The second-order valence-corrected chi connectivity index (χ2v) is 19.8. The maximum absolute atomic E-state index is 15.6. The standard InChI is InChI=1S/C50H71F3N10O8/c1-30(54-4)42(64)58-34-20-22-48(3)56-28-40(70-48)36(26-32-14-8-6-9-15-32)60-44(66)38-18-13-25-63(38)47(69)35(59-43(65)31(2)55-5)21-23-49(50(51,52)53)57-29-41(71-49)37(27-33-16-10-7-11-17-33)61-45(67)39-19-12-24-62(39)46(34)68/h6-11,14-17,30-31,34-41,54-57H,12-13,18-29H2,1-5H3,(H,58,64)(H,59,65)(H,60,66)(H,61,67). The largest absolute Gasteiger partial charge is 0.431 e. The molecular weight excluding hydrogens is 926 g/mol. The van der Waals surface area contributed by atoms with Crippen molar-refractivity contribution >= 4 is 35.4 Å². The van der Waals surface area contributed by atoms with Gasteiger partial charge in [-0.3, -0.25) is 39.4 Å². The van der Waals surface area contributed by atoms with Crippen molar-refractivity contribution in [2.45, 2.75) is 163 Å². The van der Waals surface area contributed by atoms with Crippen LogP contribution in [-0.4, -0.2) is 164 Å². The van der Waals surface area contributed by atoms with Gasteiger partial charge in [-0.15, -0.1) is 0 Å². The Bertz CT molecular complexity index is 2200. The van der Waals surface area contributed by atoms with Crippen LogP contribution in [0.25, 0.3) is 0 Å². The number of halogens is 3. The molecule has 18 nitrogen and oxygen atoms in total. The van der Waals surface area contributed by atoms with E-state index in [0.29, 0.717) is 24.8 Å². The molecule has 5 saturated heterocycles. The first-order valence-corrected chi connectivity index (χ1v) is 25.0. The van der Waals surface area contributed by atoms with Gasteiger partial charge in [0.1, 0.15) is 29.9 Å². The summed E-state index contributed by atoms with van der Waals surface area (Å²) < 4.78 is 59.6. The van der Waals surface area contributed by atoms with Gasteiger partial charge in [0.05, 0.1) is 36.4 Å². The number of alkyl halides is 3. The molecule has 2 aromatic carbocycles. The minimum atomic E-state index is -5.04. The summed E-state index contributed by atoms with van der Waals surface area (Å²) in [6.45, 7) is 5.31. The highest BCUT2D eigenvalue weighted by Gasteiger charge is 2.61. The minimum absolute atomic E-state index is 0.0738. The molecule has 0 aliphatic carbocycles. The van der Waals surface area contributed by atoms with E-state index in [4.69, 9.17) is 9.47 Å². The first-order chi connectivity index (χ1) is 33.8. The molecule has 7 rings (SSSR count). The summed E-state index contributed by atoms with van der Waals surface area (Å²) in [6, 6.07) is 10.7. The molecule has 5 fully saturated rings. The zero-order chi connectivity index (χ0) is 51.1. The number of ether oxygens (including phenoxy) is 2. The lowest BCUT2D eigenvalue weighted by atomic mass is 9.99. The number of hydrogen-bond acceptors (Lipinski definition) is 12.